The van der Waals surface area contributed by atoms with Crippen molar-refractivity contribution in [3.05, 3.63) is 42.0 Å². The van der Waals surface area contributed by atoms with E-state index in [1.165, 1.54) is 16.8 Å². The van der Waals surface area contributed by atoms with Gasteiger partial charge in [-0.1, -0.05) is 0 Å². The quantitative estimate of drug-likeness (QED) is 0.385. The topological polar surface area (TPSA) is 146 Å². The Balaban J connectivity index is 1.73. The SMILES string of the molecule is Cc1c(F)c(OCCOC(N)=O)c2[nH]ncc2c1-c1ccn2nc(NC(=O)OF)cc2c1. The number of aromatic nitrogens is 4. The van der Waals surface area contributed by atoms with Crippen LogP contribution < -0.4 is 15.8 Å². The van der Waals surface area contributed by atoms with E-state index in [4.69, 9.17) is 10.5 Å². The lowest BCUT2D eigenvalue weighted by molar-refractivity contribution is -0.0544. The molecule has 0 spiro atoms. The van der Waals surface area contributed by atoms with E-state index < -0.39 is 18.0 Å². The molecule has 0 aliphatic heterocycles. The molecule has 4 N–H and O–H groups in total. The van der Waals surface area contributed by atoms with Crippen LogP contribution in [0.5, 0.6) is 5.75 Å². The second-order valence-electron chi connectivity index (χ2n) is 6.62. The molecule has 13 heteroatoms. The highest BCUT2D eigenvalue weighted by atomic mass is 19.3. The first-order valence-corrected chi connectivity index (χ1v) is 9.18. The Bertz CT molecular complexity index is 1330. The van der Waals surface area contributed by atoms with Crippen LogP contribution in [0.3, 0.4) is 0 Å². The zero-order valence-electron chi connectivity index (χ0n) is 16.5. The van der Waals surface area contributed by atoms with Crippen LogP contribution in [0.1, 0.15) is 5.56 Å². The molecule has 0 aliphatic carbocycles. The van der Waals surface area contributed by atoms with Gasteiger partial charge in [0, 0.05) is 22.2 Å². The molecule has 0 saturated carbocycles. The summed E-state index contributed by atoms with van der Waals surface area (Å²) in [7, 11) is 0. The van der Waals surface area contributed by atoms with Crippen molar-refractivity contribution in [3.63, 3.8) is 0 Å². The summed E-state index contributed by atoms with van der Waals surface area (Å²) < 4.78 is 38.7. The summed E-state index contributed by atoms with van der Waals surface area (Å²) >= 11 is 0. The number of carbonyl (C=O) groups excluding carboxylic acids is 2. The molecule has 1 aromatic carbocycles. The predicted octanol–water partition coefficient (Wildman–Crippen LogP) is 3.23. The maximum absolute atomic E-state index is 15.2. The minimum absolute atomic E-state index is 0.0616. The Hall–Kier alpha value is -4.42. The van der Waals surface area contributed by atoms with E-state index in [9.17, 15) is 14.1 Å². The summed E-state index contributed by atoms with van der Waals surface area (Å²) in [5.74, 6) is -0.603. The third kappa shape index (κ3) is 3.82. The first-order valence-electron chi connectivity index (χ1n) is 9.18. The molecule has 0 radical (unpaired) electrons. The smallest absolute Gasteiger partial charge is 0.450 e. The van der Waals surface area contributed by atoms with Crippen LogP contribution in [0.25, 0.3) is 27.5 Å². The molecule has 0 bridgehead atoms. The third-order valence-corrected chi connectivity index (χ3v) is 4.67. The van der Waals surface area contributed by atoms with Crippen molar-refractivity contribution in [1.29, 1.82) is 0 Å². The van der Waals surface area contributed by atoms with Crippen molar-refractivity contribution >= 4 is 34.4 Å². The minimum atomic E-state index is -1.30. The number of aromatic amines is 1. The minimum Gasteiger partial charge on any atom is -0.485 e. The Morgan fingerprint density at radius 2 is 2.12 bits per heavy atom. The predicted molar refractivity (Wildman–Crippen MR) is 107 cm³/mol. The average molecular weight is 446 g/mol. The van der Waals surface area contributed by atoms with E-state index >= 15 is 4.39 Å². The highest BCUT2D eigenvalue weighted by Gasteiger charge is 2.21. The largest absolute Gasteiger partial charge is 0.485 e. The van der Waals surface area contributed by atoms with Crippen LogP contribution in [0.4, 0.5) is 24.3 Å². The zero-order valence-corrected chi connectivity index (χ0v) is 16.5. The molecule has 11 nitrogen and oxygen atoms in total. The van der Waals surface area contributed by atoms with Gasteiger partial charge >= 0.3 is 12.2 Å². The van der Waals surface area contributed by atoms with Gasteiger partial charge in [-0.05, 0) is 35.7 Å². The summed E-state index contributed by atoms with van der Waals surface area (Å²) in [6.45, 7) is 1.34. The average Bonchev–Trinajstić information content (AvgIpc) is 3.39. The van der Waals surface area contributed by atoms with Crippen molar-refractivity contribution in [2.45, 2.75) is 6.92 Å². The van der Waals surface area contributed by atoms with E-state index in [1.807, 2.05) is 0 Å². The number of nitrogens with two attached hydrogens (primary N) is 1. The van der Waals surface area contributed by atoms with Gasteiger partial charge in [-0.25, -0.2) is 23.4 Å². The number of pyridine rings is 1. The molecule has 4 aromatic rings. The van der Waals surface area contributed by atoms with Crippen LogP contribution >= 0.6 is 0 Å². The van der Waals surface area contributed by atoms with Crippen LogP contribution in [-0.2, 0) is 9.68 Å². The second-order valence-corrected chi connectivity index (χ2v) is 6.62. The summed E-state index contributed by atoms with van der Waals surface area (Å²) in [5.41, 5.74) is 7.28. The number of anilines is 1. The maximum Gasteiger partial charge on any atom is 0.450 e. The van der Waals surface area contributed by atoms with Gasteiger partial charge in [0.05, 0.1) is 11.7 Å². The normalized spacial score (nSPS) is 11.0. The summed E-state index contributed by atoms with van der Waals surface area (Å²) in [6, 6.07) is 4.91. The van der Waals surface area contributed by atoms with Crippen molar-refractivity contribution in [2.75, 3.05) is 18.5 Å². The summed E-state index contributed by atoms with van der Waals surface area (Å²) in [4.78, 5) is 24.8. The zero-order chi connectivity index (χ0) is 22.8. The van der Waals surface area contributed by atoms with Crippen LogP contribution in [-0.4, -0.2) is 45.2 Å². The lowest BCUT2D eigenvalue weighted by atomic mass is 9.96. The fourth-order valence-corrected chi connectivity index (χ4v) is 3.37. The highest BCUT2D eigenvalue weighted by Crippen LogP contribution is 2.39. The van der Waals surface area contributed by atoms with E-state index in [-0.39, 0.29) is 24.8 Å². The van der Waals surface area contributed by atoms with Crippen LogP contribution in [0.2, 0.25) is 0 Å². The second kappa shape index (κ2) is 8.37. The maximum atomic E-state index is 15.2. The highest BCUT2D eigenvalue weighted by molar-refractivity contribution is 6.00. The van der Waals surface area contributed by atoms with Crippen LogP contribution in [0.15, 0.2) is 30.6 Å². The number of ether oxygens (including phenoxy) is 2. The summed E-state index contributed by atoms with van der Waals surface area (Å²) in [6.07, 6.45) is 0.881. The van der Waals surface area contributed by atoms with E-state index in [0.29, 0.717) is 33.1 Å². The number of fused-ring (bicyclic) bond motifs is 2. The number of benzene rings is 1. The Morgan fingerprint density at radius 3 is 2.88 bits per heavy atom. The Labute approximate surface area is 177 Å². The fourth-order valence-electron chi connectivity index (χ4n) is 3.37. The van der Waals surface area contributed by atoms with E-state index in [2.05, 4.69) is 30.3 Å². The first kappa shape index (κ1) is 20.8. The molecular formula is C19H16F2N6O5. The molecule has 3 aromatic heterocycles. The van der Waals surface area contributed by atoms with Gasteiger partial charge in [-0.3, -0.25) is 10.4 Å². The van der Waals surface area contributed by atoms with Gasteiger partial charge < -0.3 is 15.2 Å². The molecule has 0 aliphatic rings. The standard InChI is InChI=1S/C19H16F2N6O5/c1-9-14(10-2-3-27-11(6-10)7-13(26-27)24-19(29)32-21)12-8-23-25-16(12)17(15(9)20)30-4-5-31-18(22)28/h2-3,6-8H,4-5H2,1H3,(H2,22,28)(H,23,25)(H,24,26,29). The van der Waals surface area contributed by atoms with E-state index in [1.54, 1.807) is 25.3 Å². The van der Waals surface area contributed by atoms with Gasteiger partial charge in [0.1, 0.15) is 18.7 Å². The Kier molecular flexibility index (Phi) is 5.45. The number of H-pyrrole nitrogens is 1. The molecular weight excluding hydrogens is 430 g/mol. The third-order valence-electron chi connectivity index (χ3n) is 4.67. The van der Waals surface area contributed by atoms with Crippen molar-refractivity contribution in [3.8, 4) is 16.9 Å². The van der Waals surface area contributed by atoms with Crippen molar-refractivity contribution < 1.29 is 32.9 Å². The van der Waals surface area contributed by atoms with Gasteiger partial charge in [0.25, 0.3) is 0 Å². The number of amides is 2. The molecule has 166 valence electrons. The molecule has 2 amide bonds. The summed E-state index contributed by atoms with van der Waals surface area (Å²) in [5, 5.41) is 13.5. The lowest BCUT2D eigenvalue weighted by Crippen LogP contribution is -2.17. The number of primary amides is 1. The molecule has 0 fully saturated rings. The van der Waals surface area contributed by atoms with Crippen molar-refractivity contribution in [2.24, 2.45) is 5.73 Å². The van der Waals surface area contributed by atoms with Crippen LogP contribution in [0, 0.1) is 12.7 Å². The number of hydrogen-bond donors (Lipinski definition) is 3. The van der Waals surface area contributed by atoms with Gasteiger partial charge in [-0.2, -0.15) is 5.10 Å². The molecule has 32 heavy (non-hydrogen) atoms. The molecule has 3 heterocycles. The Morgan fingerprint density at radius 1 is 1.31 bits per heavy atom. The lowest BCUT2D eigenvalue weighted by Gasteiger charge is -2.14. The first-order chi connectivity index (χ1) is 15.4. The number of nitrogens with one attached hydrogen (secondary N) is 2. The number of carbonyl (C=O) groups is 2. The monoisotopic (exact) mass is 446 g/mol. The van der Waals surface area contributed by atoms with Gasteiger partial charge in [0.15, 0.2) is 17.4 Å². The molecule has 0 atom stereocenters. The molecule has 4 rings (SSSR count). The number of hydrogen-bond acceptors (Lipinski definition) is 7. The van der Waals surface area contributed by atoms with E-state index in [0.717, 1.165) is 0 Å². The van der Waals surface area contributed by atoms with Gasteiger partial charge in [-0.15, -0.1) is 5.10 Å². The number of nitrogens with zero attached hydrogens (tertiary/aromatic N) is 3. The number of halogens is 2. The number of rotatable bonds is 6. The van der Waals surface area contributed by atoms with Gasteiger partial charge in [0.2, 0.25) is 0 Å². The fraction of sp³-hybridized carbons (Fsp3) is 0.158. The van der Waals surface area contributed by atoms with Crippen molar-refractivity contribution in [1.82, 2.24) is 19.8 Å². The molecule has 0 saturated heterocycles. The molecule has 0 unspecified atom stereocenters.